The molecule has 4 rings (SSSR count). The van der Waals surface area contributed by atoms with Gasteiger partial charge in [0.15, 0.2) is 0 Å². The number of hydrazone groups is 1. The number of hydrogen-bond acceptors (Lipinski definition) is 5. The van der Waals surface area contributed by atoms with E-state index in [1.54, 1.807) is 12.3 Å². The summed E-state index contributed by atoms with van der Waals surface area (Å²) in [5.74, 6) is 0.590. The fourth-order valence-electron chi connectivity index (χ4n) is 2.58. The van der Waals surface area contributed by atoms with Gasteiger partial charge >= 0.3 is 0 Å². The second-order valence-electron chi connectivity index (χ2n) is 5.30. The Hall–Kier alpha value is -3.22. The molecule has 3 aromatic rings. The number of pyridine rings is 1. The fraction of sp³-hybridized carbons (Fsp3) is 0.125. The second kappa shape index (κ2) is 5.20. The van der Waals surface area contributed by atoms with Gasteiger partial charge in [0.1, 0.15) is 11.6 Å². The zero-order chi connectivity index (χ0) is 15.8. The van der Waals surface area contributed by atoms with Crippen molar-refractivity contribution in [2.24, 2.45) is 5.10 Å². The molecule has 0 unspecified atom stereocenters. The first-order chi connectivity index (χ1) is 11.2. The van der Waals surface area contributed by atoms with Crippen LogP contribution < -0.4 is 5.43 Å². The van der Waals surface area contributed by atoms with Gasteiger partial charge in [0, 0.05) is 24.6 Å². The number of aromatic amines is 1. The van der Waals surface area contributed by atoms with Crippen LogP contribution >= 0.6 is 0 Å². The molecule has 0 saturated carbocycles. The first-order valence-corrected chi connectivity index (χ1v) is 7.19. The smallest absolute Gasteiger partial charge is 0.240 e. The lowest BCUT2D eigenvalue weighted by Crippen LogP contribution is -2.25. The summed E-state index contributed by atoms with van der Waals surface area (Å²) in [7, 11) is 0. The quantitative estimate of drug-likeness (QED) is 0.673. The lowest BCUT2D eigenvalue weighted by atomic mass is 10.0. The van der Waals surface area contributed by atoms with E-state index in [4.69, 9.17) is 0 Å². The highest BCUT2D eigenvalue weighted by Gasteiger charge is 2.15. The van der Waals surface area contributed by atoms with E-state index in [2.05, 4.69) is 25.5 Å². The maximum Gasteiger partial charge on any atom is 0.240 e. The number of aromatic nitrogens is 3. The average Bonchev–Trinajstić information content (AvgIpc) is 2.99. The number of H-pyrrole nitrogens is 1. The summed E-state index contributed by atoms with van der Waals surface area (Å²) >= 11 is 0. The molecule has 0 atom stereocenters. The monoisotopic (exact) mass is 307 g/mol. The van der Waals surface area contributed by atoms with Crippen LogP contribution in [0.1, 0.15) is 18.4 Å². The third-order valence-corrected chi connectivity index (χ3v) is 3.78. The average molecular weight is 307 g/mol. The van der Waals surface area contributed by atoms with Crippen LogP contribution in [0, 0.1) is 0 Å². The molecule has 0 spiro atoms. The summed E-state index contributed by atoms with van der Waals surface area (Å²) in [6.45, 7) is 0. The number of carbonyl (C=O) groups excluding carboxylic acids is 1. The number of nitrogens with one attached hydrogen (secondary N) is 2. The molecule has 7 nitrogen and oxygen atoms in total. The Bertz CT molecular complexity index is 945. The van der Waals surface area contributed by atoms with Crippen molar-refractivity contribution in [3.8, 4) is 17.1 Å². The summed E-state index contributed by atoms with van der Waals surface area (Å²) in [6.07, 6.45) is 4.04. The number of aromatic hydroxyl groups is 1. The van der Waals surface area contributed by atoms with Crippen molar-refractivity contribution >= 4 is 22.7 Å². The number of nitrogens with zero attached hydrogens (tertiary/aromatic N) is 3. The third-order valence-electron chi connectivity index (χ3n) is 3.78. The van der Waals surface area contributed by atoms with Crippen LogP contribution in [0.25, 0.3) is 22.4 Å². The lowest BCUT2D eigenvalue weighted by molar-refractivity contribution is -0.121. The largest absolute Gasteiger partial charge is 0.506 e. The van der Waals surface area contributed by atoms with E-state index >= 15 is 0 Å². The van der Waals surface area contributed by atoms with Gasteiger partial charge < -0.3 is 10.1 Å². The third kappa shape index (κ3) is 2.42. The Morgan fingerprint density at radius 2 is 2.09 bits per heavy atom. The summed E-state index contributed by atoms with van der Waals surface area (Å²) in [5, 5.41) is 14.0. The molecule has 1 aliphatic rings. The first kappa shape index (κ1) is 13.4. The number of benzene rings is 1. The highest BCUT2D eigenvalue weighted by Crippen LogP contribution is 2.27. The minimum Gasteiger partial charge on any atom is -0.506 e. The van der Waals surface area contributed by atoms with Crippen LogP contribution in [-0.2, 0) is 4.79 Å². The van der Waals surface area contributed by atoms with Crippen molar-refractivity contribution in [1.82, 2.24) is 20.4 Å². The highest BCUT2D eigenvalue weighted by molar-refractivity contribution is 6.05. The molecule has 3 heterocycles. The molecule has 1 amide bonds. The second-order valence-corrected chi connectivity index (χ2v) is 5.30. The summed E-state index contributed by atoms with van der Waals surface area (Å²) < 4.78 is 0. The van der Waals surface area contributed by atoms with Crippen LogP contribution in [0.4, 0.5) is 0 Å². The lowest BCUT2D eigenvalue weighted by Gasteiger charge is -2.11. The molecule has 1 aliphatic heterocycles. The number of amides is 1. The van der Waals surface area contributed by atoms with E-state index in [9.17, 15) is 9.90 Å². The number of fused-ring (bicyclic) bond motifs is 1. The predicted molar refractivity (Wildman–Crippen MR) is 84.9 cm³/mol. The summed E-state index contributed by atoms with van der Waals surface area (Å²) in [4.78, 5) is 22.8. The van der Waals surface area contributed by atoms with Gasteiger partial charge in [-0.3, -0.25) is 9.78 Å². The van der Waals surface area contributed by atoms with Crippen LogP contribution in [-0.4, -0.2) is 31.7 Å². The first-order valence-electron chi connectivity index (χ1n) is 7.19. The molecule has 1 aromatic carbocycles. The minimum atomic E-state index is -0.0648. The topological polar surface area (TPSA) is 103 Å². The molecular weight excluding hydrogens is 294 g/mol. The molecule has 3 N–H and O–H groups in total. The van der Waals surface area contributed by atoms with Gasteiger partial charge in [-0.15, -0.1) is 0 Å². The molecule has 0 bridgehead atoms. The molecule has 114 valence electrons. The van der Waals surface area contributed by atoms with Crippen molar-refractivity contribution in [3.63, 3.8) is 0 Å². The van der Waals surface area contributed by atoms with Gasteiger partial charge in [-0.2, -0.15) is 5.10 Å². The summed E-state index contributed by atoms with van der Waals surface area (Å²) in [6, 6.07) is 7.48. The highest BCUT2D eigenvalue weighted by atomic mass is 16.3. The number of carbonyl (C=O) groups is 1. The van der Waals surface area contributed by atoms with Gasteiger partial charge in [0.2, 0.25) is 5.91 Å². The Morgan fingerprint density at radius 1 is 1.17 bits per heavy atom. The van der Waals surface area contributed by atoms with E-state index in [0.717, 1.165) is 22.3 Å². The van der Waals surface area contributed by atoms with E-state index in [-0.39, 0.29) is 11.7 Å². The maximum atomic E-state index is 11.2. The van der Waals surface area contributed by atoms with Crippen molar-refractivity contribution < 1.29 is 9.90 Å². The van der Waals surface area contributed by atoms with Gasteiger partial charge in [0.05, 0.1) is 28.5 Å². The normalized spacial score (nSPS) is 14.6. The van der Waals surface area contributed by atoms with Gasteiger partial charge in [-0.05, 0) is 18.2 Å². The molecule has 0 radical (unpaired) electrons. The number of hydrogen-bond donors (Lipinski definition) is 3. The zero-order valence-electron chi connectivity index (χ0n) is 12.1. The fourth-order valence-corrected chi connectivity index (χ4v) is 2.58. The molecule has 2 aromatic heterocycles. The van der Waals surface area contributed by atoms with Crippen molar-refractivity contribution in [1.29, 1.82) is 0 Å². The minimum absolute atomic E-state index is 0.0648. The number of imidazole rings is 1. The van der Waals surface area contributed by atoms with Gasteiger partial charge in [0.25, 0.3) is 0 Å². The van der Waals surface area contributed by atoms with Crippen molar-refractivity contribution in [2.75, 3.05) is 0 Å². The Labute approximate surface area is 131 Å². The zero-order valence-corrected chi connectivity index (χ0v) is 12.1. The van der Waals surface area contributed by atoms with Crippen LogP contribution in [0.5, 0.6) is 5.75 Å². The maximum absolute atomic E-state index is 11.2. The van der Waals surface area contributed by atoms with Gasteiger partial charge in [-0.1, -0.05) is 6.07 Å². The van der Waals surface area contributed by atoms with E-state index in [0.29, 0.717) is 24.2 Å². The SMILES string of the molecule is O=C1CCC(c2ccc3[nH]c(-c4ccncc4O)nc3c2)=NN1. The summed E-state index contributed by atoms with van der Waals surface area (Å²) in [5.41, 5.74) is 6.49. The molecular formula is C16H13N5O2. The van der Waals surface area contributed by atoms with Gasteiger partial charge in [-0.25, -0.2) is 10.4 Å². The Kier molecular flexibility index (Phi) is 3.04. The molecule has 7 heteroatoms. The standard InChI is InChI=1S/C16H13N5O2/c22-14-8-17-6-5-10(14)16-18-12-2-1-9(7-13(12)19-16)11-3-4-15(23)21-20-11/h1-2,5-8,22H,3-4H2,(H,18,19)(H,21,23). The van der Waals surface area contributed by atoms with E-state index in [1.807, 2.05) is 18.2 Å². The van der Waals surface area contributed by atoms with Crippen LogP contribution in [0.15, 0.2) is 41.8 Å². The predicted octanol–water partition coefficient (Wildman–Crippen LogP) is 1.94. The van der Waals surface area contributed by atoms with Crippen LogP contribution in [0.2, 0.25) is 0 Å². The van der Waals surface area contributed by atoms with Crippen molar-refractivity contribution in [3.05, 3.63) is 42.2 Å². The Morgan fingerprint density at radius 3 is 2.87 bits per heavy atom. The molecule has 23 heavy (non-hydrogen) atoms. The van der Waals surface area contributed by atoms with Crippen LogP contribution in [0.3, 0.4) is 0 Å². The molecule has 0 aliphatic carbocycles. The molecule has 0 saturated heterocycles. The number of rotatable bonds is 2. The van der Waals surface area contributed by atoms with Crippen molar-refractivity contribution in [2.45, 2.75) is 12.8 Å². The Balaban J connectivity index is 1.76. The van der Waals surface area contributed by atoms with E-state index in [1.165, 1.54) is 6.20 Å². The van der Waals surface area contributed by atoms with E-state index < -0.39 is 0 Å². The molecule has 0 fully saturated rings.